The van der Waals surface area contributed by atoms with Crippen molar-refractivity contribution in [3.63, 3.8) is 0 Å². The summed E-state index contributed by atoms with van der Waals surface area (Å²) < 4.78 is 10.7. The van der Waals surface area contributed by atoms with E-state index in [2.05, 4.69) is 10.3 Å². The van der Waals surface area contributed by atoms with Crippen LogP contribution in [0.1, 0.15) is 29.9 Å². The SMILES string of the molecule is COc1cc(CNC(=O)C[C@@H]2CCOc3ccccc32)ccn1. The number of pyridine rings is 1. The minimum atomic E-state index is 0.0440. The van der Waals surface area contributed by atoms with Gasteiger partial charge in [0.05, 0.1) is 13.7 Å². The quantitative estimate of drug-likeness (QED) is 0.922. The summed E-state index contributed by atoms with van der Waals surface area (Å²) in [5.74, 6) is 1.71. The Morgan fingerprint density at radius 1 is 1.39 bits per heavy atom. The van der Waals surface area contributed by atoms with Crippen molar-refractivity contribution in [1.29, 1.82) is 0 Å². The van der Waals surface area contributed by atoms with E-state index in [0.717, 1.165) is 23.3 Å². The molecule has 1 N–H and O–H groups in total. The van der Waals surface area contributed by atoms with Gasteiger partial charge >= 0.3 is 0 Å². The molecular weight excluding hydrogens is 292 g/mol. The van der Waals surface area contributed by atoms with Gasteiger partial charge < -0.3 is 14.8 Å². The molecule has 0 aliphatic carbocycles. The Kier molecular flexibility index (Phi) is 4.76. The van der Waals surface area contributed by atoms with Crippen molar-refractivity contribution in [3.05, 3.63) is 53.7 Å². The van der Waals surface area contributed by atoms with Crippen molar-refractivity contribution in [3.8, 4) is 11.6 Å². The van der Waals surface area contributed by atoms with Gasteiger partial charge in [-0.1, -0.05) is 18.2 Å². The molecule has 0 bridgehead atoms. The first-order chi connectivity index (χ1) is 11.3. The lowest BCUT2D eigenvalue weighted by atomic mass is 9.90. The topological polar surface area (TPSA) is 60.5 Å². The third kappa shape index (κ3) is 3.80. The van der Waals surface area contributed by atoms with Crippen molar-refractivity contribution in [2.75, 3.05) is 13.7 Å². The van der Waals surface area contributed by atoms with Crippen molar-refractivity contribution in [2.45, 2.75) is 25.3 Å². The van der Waals surface area contributed by atoms with E-state index < -0.39 is 0 Å². The molecule has 2 aromatic rings. The Labute approximate surface area is 135 Å². The number of para-hydroxylation sites is 1. The van der Waals surface area contributed by atoms with Crippen LogP contribution in [0.5, 0.6) is 11.6 Å². The van der Waals surface area contributed by atoms with Crippen LogP contribution >= 0.6 is 0 Å². The predicted octanol–water partition coefficient (Wildman–Crippen LogP) is 2.66. The normalized spacial score (nSPS) is 16.1. The molecule has 1 aromatic heterocycles. The van der Waals surface area contributed by atoms with Crippen LogP contribution < -0.4 is 14.8 Å². The maximum atomic E-state index is 12.3. The zero-order valence-electron chi connectivity index (χ0n) is 13.1. The summed E-state index contributed by atoms with van der Waals surface area (Å²) in [6.45, 7) is 1.14. The molecule has 120 valence electrons. The van der Waals surface area contributed by atoms with Crippen molar-refractivity contribution in [1.82, 2.24) is 10.3 Å². The van der Waals surface area contributed by atoms with E-state index in [4.69, 9.17) is 9.47 Å². The number of nitrogens with one attached hydrogen (secondary N) is 1. The molecule has 1 aliphatic rings. The number of amides is 1. The molecule has 0 saturated carbocycles. The van der Waals surface area contributed by atoms with Crippen LogP contribution in [0.3, 0.4) is 0 Å². The number of aromatic nitrogens is 1. The van der Waals surface area contributed by atoms with E-state index in [0.29, 0.717) is 25.5 Å². The molecule has 1 aromatic carbocycles. The predicted molar refractivity (Wildman–Crippen MR) is 86.5 cm³/mol. The zero-order valence-corrected chi connectivity index (χ0v) is 13.1. The monoisotopic (exact) mass is 312 g/mol. The number of ether oxygens (including phenoxy) is 2. The van der Waals surface area contributed by atoms with Crippen molar-refractivity contribution in [2.24, 2.45) is 0 Å². The van der Waals surface area contributed by atoms with Gasteiger partial charge in [-0.15, -0.1) is 0 Å². The molecule has 2 heterocycles. The lowest BCUT2D eigenvalue weighted by molar-refractivity contribution is -0.121. The number of hydrogen-bond acceptors (Lipinski definition) is 4. The number of fused-ring (bicyclic) bond motifs is 1. The highest BCUT2D eigenvalue weighted by Crippen LogP contribution is 2.35. The van der Waals surface area contributed by atoms with Gasteiger partial charge in [0.1, 0.15) is 5.75 Å². The van der Waals surface area contributed by atoms with Gasteiger partial charge in [-0.3, -0.25) is 4.79 Å². The summed E-state index contributed by atoms with van der Waals surface area (Å²) in [7, 11) is 1.58. The largest absolute Gasteiger partial charge is 0.493 e. The van der Waals surface area contributed by atoms with Crippen LogP contribution in [-0.2, 0) is 11.3 Å². The fourth-order valence-electron chi connectivity index (χ4n) is 2.80. The second-order valence-corrected chi connectivity index (χ2v) is 5.56. The first-order valence-corrected chi connectivity index (χ1v) is 7.73. The second kappa shape index (κ2) is 7.13. The molecule has 0 fully saturated rings. The Balaban J connectivity index is 1.58. The van der Waals surface area contributed by atoms with Gasteiger partial charge in [0, 0.05) is 25.2 Å². The zero-order chi connectivity index (χ0) is 16.1. The standard InChI is InChI=1S/C18H20N2O3/c1-22-18-10-13(6-8-19-18)12-20-17(21)11-14-7-9-23-16-5-3-2-4-15(14)16/h2-6,8,10,14H,7,9,11-12H2,1H3,(H,20,21)/t14-/m0/s1. The number of methoxy groups -OCH3 is 1. The highest BCUT2D eigenvalue weighted by Gasteiger charge is 2.23. The number of carbonyl (C=O) groups excluding carboxylic acids is 1. The molecule has 5 heteroatoms. The Bertz CT molecular complexity index is 687. The van der Waals surface area contributed by atoms with E-state index in [-0.39, 0.29) is 11.8 Å². The van der Waals surface area contributed by atoms with Crippen molar-refractivity contribution >= 4 is 5.91 Å². The Hall–Kier alpha value is -2.56. The van der Waals surface area contributed by atoms with Gasteiger partial charge in [-0.2, -0.15) is 0 Å². The van der Waals surface area contributed by atoms with Crippen LogP contribution in [0, 0.1) is 0 Å². The molecule has 1 amide bonds. The first-order valence-electron chi connectivity index (χ1n) is 7.73. The van der Waals surface area contributed by atoms with E-state index in [1.165, 1.54) is 0 Å². The number of hydrogen-bond donors (Lipinski definition) is 1. The van der Waals surface area contributed by atoms with Gasteiger partial charge in [0.2, 0.25) is 11.8 Å². The maximum absolute atomic E-state index is 12.3. The molecule has 1 atom stereocenters. The molecule has 0 saturated heterocycles. The van der Waals surface area contributed by atoms with E-state index in [1.807, 2.05) is 36.4 Å². The summed E-state index contributed by atoms with van der Waals surface area (Å²) in [6.07, 6.45) is 3.02. The van der Waals surface area contributed by atoms with Crippen LogP contribution in [0.15, 0.2) is 42.6 Å². The summed E-state index contributed by atoms with van der Waals surface area (Å²) in [4.78, 5) is 16.3. The molecule has 0 unspecified atom stereocenters. The summed E-state index contributed by atoms with van der Waals surface area (Å²) in [6, 6.07) is 11.6. The third-order valence-electron chi connectivity index (χ3n) is 4.01. The maximum Gasteiger partial charge on any atom is 0.220 e. The van der Waals surface area contributed by atoms with Crippen LogP contribution in [0.25, 0.3) is 0 Å². The van der Waals surface area contributed by atoms with Gasteiger partial charge in [-0.05, 0) is 35.6 Å². The van der Waals surface area contributed by atoms with Crippen LogP contribution in [-0.4, -0.2) is 24.6 Å². The minimum Gasteiger partial charge on any atom is -0.493 e. The average molecular weight is 312 g/mol. The number of carbonyl (C=O) groups is 1. The lowest BCUT2D eigenvalue weighted by Gasteiger charge is -2.25. The Morgan fingerprint density at radius 2 is 2.26 bits per heavy atom. The molecule has 5 nitrogen and oxygen atoms in total. The molecule has 23 heavy (non-hydrogen) atoms. The molecule has 0 spiro atoms. The third-order valence-corrected chi connectivity index (χ3v) is 4.01. The number of benzene rings is 1. The van der Waals surface area contributed by atoms with Gasteiger partial charge in [0.25, 0.3) is 0 Å². The average Bonchev–Trinajstić information content (AvgIpc) is 2.60. The van der Waals surface area contributed by atoms with Crippen LogP contribution in [0.2, 0.25) is 0 Å². The summed E-state index contributed by atoms with van der Waals surface area (Å²) in [5.41, 5.74) is 2.09. The highest BCUT2D eigenvalue weighted by molar-refractivity contribution is 5.77. The second-order valence-electron chi connectivity index (χ2n) is 5.56. The van der Waals surface area contributed by atoms with E-state index >= 15 is 0 Å². The molecule has 1 aliphatic heterocycles. The molecule has 3 rings (SSSR count). The van der Waals surface area contributed by atoms with Crippen LogP contribution in [0.4, 0.5) is 0 Å². The van der Waals surface area contributed by atoms with E-state index in [1.54, 1.807) is 13.3 Å². The molecule has 0 radical (unpaired) electrons. The molecular formula is C18H20N2O3. The smallest absolute Gasteiger partial charge is 0.220 e. The summed E-state index contributed by atoms with van der Waals surface area (Å²) in [5, 5.41) is 2.97. The fraction of sp³-hybridized carbons (Fsp3) is 0.333. The lowest BCUT2D eigenvalue weighted by Crippen LogP contribution is -2.26. The number of nitrogens with zero attached hydrogens (tertiary/aromatic N) is 1. The minimum absolute atomic E-state index is 0.0440. The number of rotatable bonds is 5. The highest BCUT2D eigenvalue weighted by atomic mass is 16.5. The first kappa shape index (κ1) is 15.3. The van der Waals surface area contributed by atoms with E-state index in [9.17, 15) is 4.79 Å². The van der Waals surface area contributed by atoms with Gasteiger partial charge in [0.15, 0.2) is 0 Å². The van der Waals surface area contributed by atoms with Gasteiger partial charge in [-0.25, -0.2) is 4.98 Å². The summed E-state index contributed by atoms with van der Waals surface area (Å²) >= 11 is 0. The van der Waals surface area contributed by atoms with Crippen molar-refractivity contribution < 1.29 is 14.3 Å². The fourth-order valence-corrected chi connectivity index (χ4v) is 2.80. The Morgan fingerprint density at radius 3 is 3.13 bits per heavy atom.